The van der Waals surface area contributed by atoms with Gasteiger partial charge in [-0.25, -0.2) is 9.18 Å². The second-order valence-corrected chi connectivity index (χ2v) is 4.50. The van der Waals surface area contributed by atoms with Crippen molar-refractivity contribution >= 4 is 11.7 Å². The Balaban J connectivity index is 2.26. The molecule has 0 spiro atoms. The molecule has 0 atom stereocenters. The van der Waals surface area contributed by atoms with Gasteiger partial charge in [0.2, 0.25) is 0 Å². The molecule has 0 fully saturated rings. The predicted molar refractivity (Wildman–Crippen MR) is 73.6 cm³/mol. The van der Waals surface area contributed by atoms with Crippen LogP contribution in [0.1, 0.15) is 15.9 Å². The van der Waals surface area contributed by atoms with Crippen molar-refractivity contribution in [3.05, 3.63) is 59.4 Å². The van der Waals surface area contributed by atoms with Crippen LogP contribution in [-0.4, -0.2) is 23.2 Å². The fourth-order valence-corrected chi connectivity index (χ4v) is 1.95. The summed E-state index contributed by atoms with van der Waals surface area (Å²) in [5.41, 5.74) is 1.03. The van der Waals surface area contributed by atoms with Crippen molar-refractivity contribution in [3.63, 3.8) is 0 Å². The quantitative estimate of drug-likeness (QED) is 0.900. The fraction of sp³-hybridized carbons (Fsp3) is 0.133. The number of carbonyl (C=O) groups is 1. The van der Waals surface area contributed by atoms with Crippen molar-refractivity contribution in [1.82, 2.24) is 0 Å². The summed E-state index contributed by atoms with van der Waals surface area (Å²) < 4.78 is 13.8. The molecule has 0 aliphatic heterocycles. The molecule has 104 valence electrons. The van der Waals surface area contributed by atoms with Gasteiger partial charge in [0.05, 0.1) is 11.3 Å². The Morgan fingerprint density at radius 1 is 1.25 bits per heavy atom. The summed E-state index contributed by atoms with van der Waals surface area (Å²) in [5.74, 6) is -1.45. The number of hydrogen-bond acceptors (Lipinski definition) is 3. The SMILES string of the molecule is CN(Cc1cccc(O)c1)c1cc(C(=O)O)ccc1F. The van der Waals surface area contributed by atoms with Crippen LogP contribution >= 0.6 is 0 Å². The zero-order chi connectivity index (χ0) is 14.7. The molecule has 20 heavy (non-hydrogen) atoms. The van der Waals surface area contributed by atoms with E-state index in [1.165, 1.54) is 12.1 Å². The highest BCUT2D eigenvalue weighted by atomic mass is 19.1. The minimum Gasteiger partial charge on any atom is -0.508 e. The molecule has 0 aromatic heterocycles. The molecule has 0 saturated carbocycles. The zero-order valence-corrected chi connectivity index (χ0v) is 10.9. The van der Waals surface area contributed by atoms with E-state index >= 15 is 0 Å². The molecule has 2 N–H and O–H groups in total. The topological polar surface area (TPSA) is 60.8 Å². The third-order valence-electron chi connectivity index (χ3n) is 2.93. The number of anilines is 1. The number of benzene rings is 2. The highest BCUT2D eigenvalue weighted by molar-refractivity contribution is 5.88. The van der Waals surface area contributed by atoms with Gasteiger partial charge < -0.3 is 15.1 Å². The van der Waals surface area contributed by atoms with E-state index < -0.39 is 11.8 Å². The lowest BCUT2D eigenvalue weighted by Gasteiger charge is -2.20. The number of carboxylic acids is 1. The first-order valence-corrected chi connectivity index (χ1v) is 5.99. The van der Waals surface area contributed by atoms with Crippen LogP contribution in [0.3, 0.4) is 0 Å². The summed E-state index contributed by atoms with van der Waals surface area (Å²) in [7, 11) is 1.66. The minimum atomic E-state index is -1.10. The van der Waals surface area contributed by atoms with Gasteiger partial charge in [0.1, 0.15) is 11.6 Å². The number of phenols is 1. The van der Waals surface area contributed by atoms with E-state index in [-0.39, 0.29) is 17.0 Å². The summed E-state index contributed by atoms with van der Waals surface area (Å²) in [5, 5.41) is 18.3. The molecular formula is C15H14FNO3. The normalized spacial score (nSPS) is 10.3. The molecule has 0 heterocycles. The van der Waals surface area contributed by atoms with E-state index in [1.807, 2.05) is 0 Å². The molecule has 0 saturated heterocycles. The van der Waals surface area contributed by atoms with E-state index in [0.717, 1.165) is 11.6 Å². The van der Waals surface area contributed by atoms with Gasteiger partial charge in [0.15, 0.2) is 0 Å². The first-order chi connectivity index (χ1) is 9.47. The first kappa shape index (κ1) is 13.9. The van der Waals surface area contributed by atoms with E-state index in [1.54, 1.807) is 36.2 Å². The van der Waals surface area contributed by atoms with E-state index in [4.69, 9.17) is 5.11 Å². The largest absolute Gasteiger partial charge is 0.508 e. The summed E-state index contributed by atoms with van der Waals surface area (Å²) >= 11 is 0. The molecule has 0 unspecified atom stereocenters. The Labute approximate surface area is 115 Å². The molecule has 0 bridgehead atoms. The number of carboxylic acid groups (broad SMARTS) is 1. The number of phenolic OH excluding ortho intramolecular Hbond substituents is 1. The van der Waals surface area contributed by atoms with Gasteiger partial charge in [0, 0.05) is 13.6 Å². The maximum atomic E-state index is 13.8. The third kappa shape index (κ3) is 3.06. The summed E-state index contributed by atoms with van der Waals surface area (Å²) in [6.45, 7) is 0.356. The maximum Gasteiger partial charge on any atom is 0.335 e. The van der Waals surface area contributed by atoms with Crippen LogP contribution in [0.4, 0.5) is 10.1 Å². The number of hydrogen-bond donors (Lipinski definition) is 2. The van der Waals surface area contributed by atoms with Crippen molar-refractivity contribution in [2.24, 2.45) is 0 Å². The molecule has 2 aromatic carbocycles. The molecule has 2 aromatic rings. The van der Waals surface area contributed by atoms with E-state index in [9.17, 15) is 14.3 Å². The lowest BCUT2D eigenvalue weighted by atomic mass is 10.1. The van der Waals surface area contributed by atoms with Crippen LogP contribution in [0.15, 0.2) is 42.5 Å². The first-order valence-electron chi connectivity index (χ1n) is 5.99. The summed E-state index contributed by atoms with van der Waals surface area (Å²) in [6.07, 6.45) is 0. The van der Waals surface area contributed by atoms with Crippen molar-refractivity contribution < 1.29 is 19.4 Å². The molecule has 2 rings (SSSR count). The van der Waals surface area contributed by atoms with Gasteiger partial charge in [-0.2, -0.15) is 0 Å². The number of aromatic hydroxyl groups is 1. The minimum absolute atomic E-state index is 0.0316. The molecule has 4 nitrogen and oxygen atoms in total. The average Bonchev–Trinajstić information content (AvgIpc) is 2.38. The molecule has 0 amide bonds. The van der Waals surface area contributed by atoms with Crippen LogP contribution in [-0.2, 0) is 6.54 Å². The monoisotopic (exact) mass is 275 g/mol. The Kier molecular flexibility index (Phi) is 3.89. The van der Waals surface area contributed by atoms with Crippen LogP contribution < -0.4 is 4.90 Å². The van der Waals surface area contributed by atoms with Crippen LogP contribution in [0.25, 0.3) is 0 Å². The van der Waals surface area contributed by atoms with Gasteiger partial charge in [-0.05, 0) is 35.9 Å². The van der Waals surface area contributed by atoms with Crippen LogP contribution in [0, 0.1) is 5.82 Å². The van der Waals surface area contributed by atoms with Gasteiger partial charge in [0.25, 0.3) is 0 Å². The van der Waals surface area contributed by atoms with E-state index in [2.05, 4.69) is 0 Å². The second-order valence-electron chi connectivity index (χ2n) is 4.50. The van der Waals surface area contributed by atoms with Crippen LogP contribution in [0.5, 0.6) is 5.75 Å². The van der Waals surface area contributed by atoms with Gasteiger partial charge in [-0.3, -0.25) is 0 Å². The second kappa shape index (κ2) is 5.61. The smallest absolute Gasteiger partial charge is 0.335 e. The lowest BCUT2D eigenvalue weighted by molar-refractivity contribution is 0.0697. The highest BCUT2D eigenvalue weighted by Crippen LogP contribution is 2.22. The lowest BCUT2D eigenvalue weighted by Crippen LogP contribution is -2.18. The Hall–Kier alpha value is -2.56. The molecule has 0 aliphatic carbocycles. The summed E-state index contributed by atoms with van der Waals surface area (Å²) in [6, 6.07) is 10.3. The van der Waals surface area contributed by atoms with Gasteiger partial charge >= 0.3 is 5.97 Å². The number of halogens is 1. The molecule has 0 radical (unpaired) electrons. The average molecular weight is 275 g/mol. The zero-order valence-electron chi connectivity index (χ0n) is 10.9. The molecule has 5 heteroatoms. The number of nitrogens with zero attached hydrogens (tertiary/aromatic N) is 1. The third-order valence-corrected chi connectivity index (χ3v) is 2.93. The van der Waals surface area contributed by atoms with Crippen molar-refractivity contribution in [1.29, 1.82) is 0 Å². The maximum absolute atomic E-state index is 13.8. The highest BCUT2D eigenvalue weighted by Gasteiger charge is 2.12. The van der Waals surface area contributed by atoms with Crippen LogP contribution in [0.2, 0.25) is 0 Å². The summed E-state index contributed by atoms with van der Waals surface area (Å²) in [4.78, 5) is 12.5. The van der Waals surface area contributed by atoms with Gasteiger partial charge in [-0.15, -0.1) is 0 Å². The Morgan fingerprint density at radius 3 is 2.65 bits per heavy atom. The number of rotatable bonds is 4. The van der Waals surface area contributed by atoms with Gasteiger partial charge in [-0.1, -0.05) is 12.1 Å². The van der Waals surface area contributed by atoms with Crippen molar-refractivity contribution in [2.75, 3.05) is 11.9 Å². The number of aromatic carboxylic acids is 1. The van der Waals surface area contributed by atoms with Crippen molar-refractivity contribution in [3.8, 4) is 5.75 Å². The Bertz CT molecular complexity index is 643. The standard InChI is InChI=1S/C15H14FNO3/c1-17(9-10-3-2-4-12(18)7-10)14-8-11(15(19)20)5-6-13(14)16/h2-8,18H,9H2,1H3,(H,19,20). The Morgan fingerprint density at radius 2 is 2.00 bits per heavy atom. The molecule has 0 aliphatic rings. The van der Waals surface area contributed by atoms with Crippen molar-refractivity contribution in [2.45, 2.75) is 6.54 Å². The van der Waals surface area contributed by atoms with E-state index in [0.29, 0.717) is 6.54 Å². The predicted octanol–water partition coefficient (Wildman–Crippen LogP) is 2.87. The fourth-order valence-electron chi connectivity index (χ4n) is 1.95. The molecular weight excluding hydrogens is 261 g/mol.